The van der Waals surface area contributed by atoms with Gasteiger partial charge in [0.15, 0.2) is 5.69 Å². The number of aromatic hydroxyl groups is 1. The third-order valence-electron chi connectivity index (χ3n) is 2.64. The van der Waals surface area contributed by atoms with E-state index in [1.165, 1.54) is 7.05 Å². The summed E-state index contributed by atoms with van der Waals surface area (Å²) in [5.41, 5.74) is -1.09. The van der Waals surface area contributed by atoms with Gasteiger partial charge in [0, 0.05) is 24.7 Å². The molecular formula is C11H8FN3O5. The molecule has 0 aliphatic rings. The second-order valence-electron chi connectivity index (χ2n) is 3.92. The van der Waals surface area contributed by atoms with Crippen molar-refractivity contribution in [2.24, 2.45) is 7.05 Å². The Morgan fingerprint density at radius 2 is 2.10 bits per heavy atom. The smallest absolute Gasteiger partial charge is 0.356 e. The summed E-state index contributed by atoms with van der Waals surface area (Å²) in [7, 11) is 1.40. The summed E-state index contributed by atoms with van der Waals surface area (Å²) in [4.78, 5) is 20.6. The largest absolute Gasteiger partial charge is 0.507 e. The van der Waals surface area contributed by atoms with Crippen LogP contribution in [0, 0.1) is 15.9 Å². The number of aromatic nitrogens is 2. The van der Waals surface area contributed by atoms with Crippen molar-refractivity contribution in [2.45, 2.75) is 0 Å². The van der Waals surface area contributed by atoms with Gasteiger partial charge in [-0.15, -0.1) is 0 Å². The predicted molar refractivity (Wildman–Crippen MR) is 63.9 cm³/mol. The zero-order chi connectivity index (χ0) is 15.0. The molecule has 9 heteroatoms. The van der Waals surface area contributed by atoms with E-state index in [-0.39, 0.29) is 17.0 Å². The number of aromatic carboxylic acids is 1. The van der Waals surface area contributed by atoms with Crippen LogP contribution in [0.25, 0.3) is 11.3 Å². The molecule has 0 radical (unpaired) electrons. The van der Waals surface area contributed by atoms with E-state index in [0.29, 0.717) is 6.07 Å². The van der Waals surface area contributed by atoms with Gasteiger partial charge in [-0.25, -0.2) is 4.79 Å². The van der Waals surface area contributed by atoms with E-state index in [4.69, 9.17) is 5.11 Å². The van der Waals surface area contributed by atoms with Gasteiger partial charge in [-0.3, -0.25) is 14.8 Å². The van der Waals surface area contributed by atoms with E-state index in [9.17, 15) is 24.4 Å². The number of carboxylic acid groups (broad SMARTS) is 1. The number of carbonyl (C=O) groups is 1. The third-order valence-corrected chi connectivity index (χ3v) is 2.64. The van der Waals surface area contributed by atoms with Crippen molar-refractivity contribution in [3.8, 4) is 17.0 Å². The lowest BCUT2D eigenvalue weighted by molar-refractivity contribution is -0.387. The number of aryl methyl sites for hydroxylation is 1. The number of nitro groups is 1. The van der Waals surface area contributed by atoms with Crippen molar-refractivity contribution in [3.63, 3.8) is 0 Å². The highest BCUT2D eigenvalue weighted by Crippen LogP contribution is 2.34. The number of nitrogens with zero attached hydrogens (tertiary/aromatic N) is 3. The van der Waals surface area contributed by atoms with Gasteiger partial charge in [-0.2, -0.15) is 9.49 Å². The maximum atomic E-state index is 13.3. The molecule has 8 nitrogen and oxygen atoms in total. The number of nitro benzene ring substituents is 1. The lowest BCUT2D eigenvalue weighted by Gasteiger charge is -2.05. The normalized spacial score (nSPS) is 10.5. The first-order chi connectivity index (χ1) is 9.31. The molecule has 1 aromatic heterocycles. The molecule has 0 atom stereocenters. The molecule has 0 saturated carbocycles. The monoisotopic (exact) mass is 281 g/mol. The van der Waals surface area contributed by atoms with Gasteiger partial charge in [0.25, 0.3) is 0 Å². The summed E-state index contributed by atoms with van der Waals surface area (Å²) in [6, 6.07) is 2.55. The number of carboxylic acids is 1. The van der Waals surface area contributed by atoms with Crippen LogP contribution in [0.2, 0.25) is 0 Å². The van der Waals surface area contributed by atoms with Crippen molar-refractivity contribution in [1.29, 1.82) is 0 Å². The molecule has 0 fully saturated rings. The Bertz CT molecular complexity index is 725. The highest BCUT2D eigenvalue weighted by Gasteiger charge is 2.22. The fraction of sp³-hybridized carbons (Fsp3) is 0.0909. The fourth-order valence-electron chi connectivity index (χ4n) is 1.72. The van der Waals surface area contributed by atoms with Gasteiger partial charge in [-0.05, 0) is 6.07 Å². The Labute approximate surface area is 110 Å². The molecule has 1 aromatic carbocycles. The van der Waals surface area contributed by atoms with E-state index in [0.717, 1.165) is 16.8 Å². The van der Waals surface area contributed by atoms with E-state index in [1.807, 2.05) is 0 Å². The molecule has 104 valence electrons. The summed E-state index contributed by atoms with van der Waals surface area (Å²) < 4.78 is 14.4. The van der Waals surface area contributed by atoms with Crippen molar-refractivity contribution in [2.75, 3.05) is 0 Å². The van der Waals surface area contributed by atoms with Crippen LogP contribution in [-0.2, 0) is 7.05 Å². The fourth-order valence-corrected chi connectivity index (χ4v) is 1.72. The van der Waals surface area contributed by atoms with Crippen molar-refractivity contribution in [1.82, 2.24) is 9.78 Å². The first kappa shape index (κ1) is 13.5. The lowest BCUT2D eigenvalue weighted by Crippen LogP contribution is -1.99. The van der Waals surface area contributed by atoms with Crippen LogP contribution in [0.3, 0.4) is 0 Å². The van der Waals surface area contributed by atoms with E-state index < -0.39 is 28.1 Å². The molecule has 2 rings (SSSR count). The standard InChI is InChI=1S/C11H8FN3O5/c1-14-8(4-7(13-14)11(17)18)5-2-9(15(19)20)6(12)3-10(5)16/h2-4,16H,1H3,(H,17,18). The molecule has 20 heavy (non-hydrogen) atoms. The van der Waals surface area contributed by atoms with Crippen LogP contribution in [0.1, 0.15) is 10.5 Å². The molecule has 0 unspecified atom stereocenters. The van der Waals surface area contributed by atoms with Crippen LogP contribution in [0.4, 0.5) is 10.1 Å². The lowest BCUT2D eigenvalue weighted by atomic mass is 10.1. The number of hydrogen-bond donors (Lipinski definition) is 2. The molecule has 1 heterocycles. The van der Waals surface area contributed by atoms with Crippen molar-refractivity contribution < 1.29 is 24.3 Å². The zero-order valence-electron chi connectivity index (χ0n) is 10.1. The minimum absolute atomic E-state index is 0.0828. The quantitative estimate of drug-likeness (QED) is 0.650. The highest BCUT2D eigenvalue weighted by atomic mass is 19.1. The van der Waals surface area contributed by atoms with Gasteiger partial charge in [0.1, 0.15) is 5.75 Å². The van der Waals surface area contributed by atoms with Crippen molar-refractivity contribution >= 4 is 11.7 Å². The van der Waals surface area contributed by atoms with Crippen LogP contribution < -0.4 is 0 Å². The summed E-state index contributed by atoms with van der Waals surface area (Å²) in [6.07, 6.45) is 0. The zero-order valence-corrected chi connectivity index (χ0v) is 10.1. The summed E-state index contributed by atoms with van der Waals surface area (Å²) in [5.74, 6) is -3.02. The van der Waals surface area contributed by atoms with Crippen LogP contribution in [0.5, 0.6) is 5.75 Å². The Kier molecular flexibility index (Phi) is 3.10. The van der Waals surface area contributed by atoms with E-state index >= 15 is 0 Å². The summed E-state index contributed by atoms with van der Waals surface area (Å²) >= 11 is 0. The van der Waals surface area contributed by atoms with Crippen LogP contribution >= 0.6 is 0 Å². The van der Waals surface area contributed by atoms with Crippen LogP contribution in [0.15, 0.2) is 18.2 Å². The van der Waals surface area contributed by atoms with Gasteiger partial charge in [0.2, 0.25) is 5.82 Å². The molecule has 0 aliphatic carbocycles. The molecule has 0 saturated heterocycles. The van der Waals surface area contributed by atoms with Gasteiger partial charge >= 0.3 is 11.7 Å². The summed E-state index contributed by atoms with van der Waals surface area (Å²) in [5, 5.41) is 32.8. The Hall–Kier alpha value is -2.97. The summed E-state index contributed by atoms with van der Waals surface area (Å²) in [6.45, 7) is 0. The Morgan fingerprint density at radius 1 is 1.45 bits per heavy atom. The number of phenols is 1. The molecular weight excluding hydrogens is 273 g/mol. The number of halogens is 1. The molecule has 0 bridgehead atoms. The topological polar surface area (TPSA) is 118 Å². The number of rotatable bonds is 3. The van der Waals surface area contributed by atoms with Gasteiger partial charge in [0.05, 0.1) is 10.6 Å². The minimum Gasteiger partial charge on any atom is -0.507 e. The SMILES string of the molecule is Cn1nc(C(=O)O)cc1-c1cc([N+](=O)[O-])c(F)cc1O. The average Bonchev–Trinajstić information content (AvgIpc) is 2.71. The number of phenolic OH excluding ortho intramolecular Hbond substituents is 1. The predicted octanol–water partition coefficient (Wildman–Crippen LogP) is 1.54. The maximum Gasteiger partial charge on any atom is 0.356 e. The first-order valence-electron chi connectivity index (χ1n) is 5.26. The van der Waals surface area contributed by atoms with E-state index in [1.54, 1.807) is 0 Å². The average molecular weight is 281 g/mol. The Morgan fingerprint density at radius 3 is 2.60 bits per heavy atom. The van der Waals surface area contributed by atoms with Crippen molar-refractivity contribution in [3.05, 3.63) is 39.8 Å². The third kappa shape index (κ3) is 2.16. The molecule has 0 spiro atoms. The highest BCUT2D eigenvalue weighted by molar-refractivity contribution is 5.87. The molecule has 0 aliphatic heterocycles. The second kappa shape index (κ2) is 4.61. The number of hydrogen-bond acceptors (Lipinski definition) is 5. The number of benzene rings is 1. The minimum atomic E-state index is -1.29. The van der Waals surface area contributed by atoms with E-state index in [2.05, 4.69) is 5.10 Å². The molecule has 2 aromatic rings. The van der Waals surface area contributed by atoms with Crippen LogP contribution in [-0.4, -0.2) is 30.9 Å². The first-order valence-corrected chi connectivity index (χ1v) is 5.26. The van der Waals surface area contributed by atoms with Gasteiger partial charge in [-0.1, -0.05) is 0 Å². The maximum absolute atomic E-state index is 13.3. The molecule has 0 amide bonds. The Balaban J connectivity index is 2.66. The second-order valence-corrected chi connectivity index (χ2v) is 3.92. The van der Waals surface area contributed by atoms with Gasteiger partial charge < -0.3 is 10.2 Å². The molecule has 2 N–H and O–H groups in total.